The molecule has 0 atom stereocenters. The van der Waals surface area contributed by atoms with Gasteiger partial charge in [-0.05, 0) is 42.3 Å². The second-order valence-electron chi connectivity index (χ2n) is 5.39. The van der Waals surface area contributed by atoms with E-state index < -0.39 is 5.97 Å². The first-order valence-electron chi connectivity index (χ1n) is 7.56. The molecule has 0 bridgehead atoms. The first-order valence-corrected chi connectivity index (χ1v) is 7.56. The van der Waals surface area contributed by atoms with E-state index in [0.29, 0.717) is 23.8 Å². The van der Waals surface area contributed by atoms with Crippen LogP contribution in [0.15, 0.2) is 36.5 Å². The van der Waals surface area contributed by atoms with Crippen molar-refractivity contribution in [2.24, 2.45) is 0 Å². The van der Waals surface area contributed by atoms with Crippen LogP contribution in [-0.4, -0.2) is 32.7 Å². The van der Waals surface area contributed by atoms with Crippen molar-refractivity contribution in [1.82, 2.24) is 20.2 Å². The number of ether oxygens (including phenoxy) is 1. The summed E-state index contributed by atoms with van der Waals surface area (Å²) in [7, 11) is 0. The number of aromatic nitrogens is 4. The smallest absolute Gasteiger partial charge is 0.354 e. The third kappa shape index (κ3) is 2.18. The Morgan fingerprint density at radius 1 is 1.25 bits per heavy atom. The van der Waals surface area contributed by atoms with Gasteiger partial charge in [-0.3, -0.25) is 5.10 Å². The van der Waals surface area contributed by atoms with E-state index in [1.165, 1.54) is 0 Å². The van der Waals surface area contributed by atoms with Crippen LogP contribution >= 0.6 is 0 Å². The summed E-state index contributed by atoms with van der Waals surface area (Å²) < 4.78 is 5.04. The lowest BCUT2D eigenvalue weighted by molar-refractivity contribution is 0.0520. The zero-order chi connectivity index (χ0) is 16.7. The van der Waals surface area contributed by atoms with Gasteiger partial charge in [0.15, 0.2) is 5.82 Å². The molecule has 4 N–H and O–H groups in total. The second kappa shape index (κ2) is 5.38. The fraction of sp³-hybridized carbons (Fsp3) is 0.118. The highest BCUT2D eigenvalue weighted by atomic mass is 16.5. The normalized spacial score (nSPS) is 11.2. The molecule has 0 amide bonds. The molecule has 3 aromatic heterocycles. The van der Waals surface area contributed by atoms with Gasteiger partial charge in [-0.2, -0.15) is 5.10 Å². The minimum Gasteiger partial charge on any atom is -0.461 e. The number of hydrogen-bond acceptors (Lipinski definition) is 5. The van der Waals surface area contributed by atoms with Gasteiger partial charge in [-0.1, -0.05) is 6.07 Å². The summed E-state index contributed by atoms with van der Waals surface area (Å²) in [4.78, 5) is 19.2. The summed E-state index contributed by atoms with van der Waals surface area (Å²) in [5.74, 6) is 0.0643. The number of carbonyl (C=O) groups is 1. The summed E-state index contributed by atoms with van der Waals surface area (Å²) in [6, 6.07) is 9.55. The molecule has 24 heavy (non-hydrogen) atoms. The molecule has 0 aliphatic carbocycles. The molecule has 4 aromatic rings. The zero-order valence-corrected chi connectivity index (χ0v) is 13.0. The van der Waals surface area contributed by atoms with Gasteiger partial charge in [0.05, 0.1) is 12.1 Å². The topological polar surface area (TPSA) is 110 Å². The number of carbonyl (C=O) groups excluding carboxylic acids is 1. The van der Waals surface area contributed by atoms with Crippen molar-refractivity contribution in [3.05, 3.63) is 42.2 Å². The van der Waals surface area contributed by atoms with Gasteiger partial charge >= 0.3 is 5.97 Å². The van der Waals surface area contributed by atoms with Crippen LogP contribution in [-0.2, 0) is 4.74 Å². The van der Waals surface area contributed by atoms with E-state index in [9.17, 15) is 4.79 Å². The first-order chi connectivity index (χ1) is 11.7. The van der Waals surface area contributed by atoms with Crippen molar-refractivity contribution < 1.29 is 9.53 Å². The third-order valence-electron chi connectivity index (χ3n) is 3.93. The lowest BCUT2D eigenvalue weighted by atomic mass is 10.0. The van der Waals surface area contributed by atoms with E-state index in [-0.39, 0.29) is 0 Å². The lowest BCUT2D eigenvalue weighted by Gasteiger charge is -2.03. The van der Waals surface area contributed by atoms with Crippen molar-refractivity contribution in [3.8, 4) is 11.1 Å². The number of nitrogen functional groups attached to an aromatic ring is 1. The van der Waals surface area contributed by atoms with Gasteiger partial charge in [0.1, 0.15) is 11.3 Å². The average molecular weight is 321 g/mol. The van der Waals surface area contributed by atoms with E-state index >= 15 is 0 Å². The molecule has 0 unspecified atom stereocenters. The molecular weight excluding hydrogens is 306 g/mol. The fourth-order valence-corrected chi connectivity index (χ4v) is 2.80. The number of hydrogen-bond donors (Lipinski definition) is 3. The van der Waals surface area contributed by atoms with Gasteiger partial charge < -0.3 is 15.5 Å². The van der Waals surface area contributed by atoms with Crippen LogP contribution in [0.2, 0.25) is 0 Å². The quantitative estimate of drug-likeness (QED) is 0.503. The van der Waals surface area contributed by atoms with E-state index in [1.54, 1.807) is 19.2 Å². The van der Waals surface area contributed by atoms with Crippen molar-refractivity contribution >= 4 is 33.7 Å². The van der Waals surface area contributed by atoms with Gasteiger partial charge in [0, 0.05) is 17.0 Å². The highest BCUT2D eigenvalue weighted by Crippen LogP contribution is 2.31. The molecule has 0 aliphatic heterocycles. The first kappa shape index (κ1) is 14.3. The number of benzene rings is 1. The number of H-pyrrole nitrogens is 2. The van der Waals surface area contributed by atoms with E-state index in [4.69, 9.17) is 10.5 Å². The summed E-state index contributed by atoms with van der Waals surface area (Å²) in [6.07, 6.45) is 1.70. The Bertz CT molecular complexity index is 1060. The number of nitrogens with one attached hydrogen (secondary N) is 2. The van der Waals surface area contributed by atoms with Crippen molar-refractivity contribution in [2.75, 3.05) is 12.3 Å². The molecule has 7 nitrogen and oxygen atoms in total. The molecule has 0 radical (unpaired) electrons. The number of fused-ring (bicyclic) bond motifs is 2. The van der Waals surface area contributed by atoms with Crippen molar-refractivity contribution in [1.29, 1.82) is 0 Å². The van der Waals surface area contributed by atoms with E-state index in [1.807, 2.05) is 24.3 Å². The van der Waals surface area contributed by atoms with E-state index in [2.05, 4.69) is 20.2 Å². The SMILES string of the molecule is CCOC(=O)c1cc2c(-c3ccc4[nH]nc(N)c4c3)ccnc2[nH]1. The monoisotopic (exact) mass is 321 g/mol. The van der Waals surface area contributed by atoms with Crippen LogP contribution in [0.25, 0.3) is 33.1 Å². The Morgan fingerprint density at radius 3 is 2.96 bits per heavy atom. The molecule has 7 heteroatoms. The summed E-state index contributed by atoms with van der Waals surface area (Å²) in [5, 5.41) is 8.60. The molecule has 0 saturated heterocycles. The Kier molecular flexibility index (Phi) is 3.19. The lowest BCUT2D eigenvalue weighted by Crippen LogP contribution is -2.04. The molecule has 0 saturated carbocycles. The number of rotatable bonds is 3. The highest BCUT2D eigenvalue weighted by Gasteiger charge is 2.14. The van der Waals surface area contributed by atoms with Gasteiger partial charge in [-0.25, -0.2) is 9.78 Å². The number of aromatic amines is 2. The Balaban J connectivity index is 1.88. The highest BCUT2D eigenvalue weighted by molar-refractivity contribution is 6.01. The molecule has 120 valence electrons. The van der Waals surface area contributed by atoms with Gasteiger partial charge in [-0.15, -0.1) is 0 Å². The van der Waals surface area contributed by atoms with Crippen molar-refractivity contribution in [2.45, 2.75) is 6.92 Å². The summed E-state index contributed by atoms with van der Waals surface area (Å²) >= 11 is 0. The minimum atomic E-state index is -0.393. The molecule has 4 rings (SSSR count). The Hall–Kier alpha value is -3.35. The molecule has 0 fully saturated rings. The van der Waals surface area contributed by atoms with Crippen LogP contribution in [0.5, 0.6) is 0 Å². The zero-order valence-electron chi connectivity index (χ0n) is 13.0. The minimum absolute atomic E-state index is 0.324. The van der Waals surface area contributed by atoms with Gasteiger partial charge in [0.2, 0.25) is 0 Å². The predicted molar refractivity (Wildman–Crippen MR) is 91.6 cm³/mol. The van der Waals surface area contributed by atoms with Crippen LogP contribution in [0.1, 0.15) is 17.4 Å². The maximum Gasteiger partial charge on any atom is 0.354 e. The average Bonchev–Trinajstić information content (AvgIpc) is 3.18. The molecule has 0 spiro atoms. The predicted octanol–water partition coefficient (Wildman–Crippen LogP) is 2.87. The number of anilines is 1. The molecule has 3 heterocycles. The maximum absolute atomic E-state index is 11.9. The van der Waals surface area contributed by atoms with Crippen LogP contribution < -0.4 is 5.73 Å². The second-order valence-corrected chi connectivity index (χ2v) is 5.39. The molecule has 0 aliphatic rings. The number of nitrogens with zero attached hydrogens (tertiary/aromatic N) is 2. The van der Waals surface area contributed by atoms with Crippen LogP contribution in [0.4, 0.5) is 5.82 Å². The third-order valence-corrected chi connectivity index (χ3v) is 3.93. The Morgan fingerprint density at radius 2 is 2.12 bits per heavy atom. The molecule has 1 aromatic carbocycles. The largest absolute Gasteiger partial charge is 0.461 e. The summed E-state index contributed by atoms with van der Waals surface area (Å²) in [6.45, 7) is 2.10. The maximum atomic E-state index is 11.9. The van der Waals surface area contributed by atoms with Crippen LogP contribution in [0, 0.1) is 0 Å². The van der Waals surface area contributed by atoms with E-state index in [0.717, 1.165) is 27.4 Å². The Labute approximate surface area is 136 Å². The number of nitrogens with two attached hydrogens (primary N) is 1. The standard InChI is InChI=1S/C17H15N5O2/c1-2-24-17(23)14-8-11-10(5-6-19-16(11)20-14)9-3-4-13-12(7-9)15(18)22-21-13/h3-8H,2H2,1H3,(H,19,20)(H3,18,21,22). The number of esters is 1. The van der Waals surface area contributed by atoms with Crippen LogP contribution in [0.3, 0.4) is 0 Å². The van der Waals surface area contributed by atoms with Crippen molar-refractivity contribution in [3.63, 3.8) is 0 Å². The van der Waals surface area contributed by atoms with Gasteiger partial charge in [0.25, 0.3) is 0 Å². The molecular formula is C17H15N5O2. The fourth-order valence-electron chi connectivity index (χ4n) is 2.80. The number of pyridine rings is 1. The summed E-state index contributed by atoms with van der Waals surface area (Å²) in [5.41, 5.74) is 9.71.